The van der Waals surface area contributed by atoms with Crippen molar-refractivity contribution in [1.82, 2.24) is 10.3 Å². The van der Waals surface area contributed by atoms with Crippen LogP contribution in [-0.4, -0.2) is 23.3 Å². The van der Waals surface area contributed by atoms with E-state index in [2.05, 4.69) is 15.6 Å². The fraction of sp³-hybridized carbons (Fsp3) is 0.250. The molecule has 1 saturated carbocycles. The van der Waals surface area contributed by atoms with Gasteiger partial charge in [0.15, 0.2) is 5.13 Å². The van der Waals surface area contributed by atoms with Crippen molar-refractivity contribution in [3.8, 4) is 0 Å². The van der Waals surface area contributed by atoms with E-state index < -0.39 is 0 Å². The summed E-state index contributed by atoms with van der Waals surface area (Å²) in [5, 5.41) is 10.4. The molecule has 1 aromatic heterocycles. The molecule has 1 fully saturated rings. The van der Waals surface area contributed by atoms with E-state index in [1.165, 1.54) is 24.2 Å². The highest BCUT2D eigenvalue weighted by Crippen LogP contribution is 2.40. The molecule has 0 spiro atoms. The molecule has 0 bridgehead atoms. The summed E-state index contributed by atoms with van der Waals surface area (Å²) >= 11 is 1.45. The average Bonchev–Trinajstić information content (AvgIpc) is 3.41. The van der Waals surface area contributed by atoms with E-state index in [9.17, 15) is 9.59 Å². The second kappa shape index (κ2) is 7.25. The number of aromatic nitrogens is 1. The van der Waals surface area contributed by atoms with Gasteiger partial charge in [0.25, 0.3) is 5.91 Å². The van der Waals surface area contributed by atoms with Crippen LogP contribution >= 0.6 is 11.3 Å². The molecule has 3 aromatic rings. The molecule has 0 saturated heterocycles. The Morgan fingerprint density at radius 1 is 1.12 bits per heavy atom. The van der Waals surface area contributed by atoms with Crippen molar-refractivity contribution in [3.05, 3.63) is 59.1 Å². The Labute approximate surface area is 155 Å². The number of hydrogen-bond acceptors (Lipinski definition) is 4. The van der Waals surface area contributed by atoms with Gasteiger partial charge in [-0.15, -0.1) is 11.3 Å². The molecule has 0 unspecified atom stereocenters. The number of thiazole rings is 1. The number of fused-ring (bicyclic) bond motifs is 1. The molecule has 2 N–H and O–H groups in total. The summed E-state index contributed by atoms with van der Waals surface area (Å²) in [6.07, 6.45) is 2.60. The second-order valence-electron chi connectivity index (χ2n) is 6.47. The first-order valence-electron chi connectivity index (χ1n) is 8.71. The number of benzene rings is 2. The maximum absolute atomic E-state index is 12.3. The van der Waals surface area contributed by atoms with Crippen LogP contribution in [0.2, 0.25) is 0 Å². The quantitative estimate of drug-likeness (QED) is 0.695. The van der Waals surface area contributed by atoms with Crippen LogP contribution in [0.3, 0.4) is 0 Å². The molecule has 2 aromatic carbocycles. The van der Waals surface area contributed by atoms with E-state index in [1.54, 1.807) is 6.07 Å². The summed E-state index contributed by atoms with van der Waals surface area (Å²) in [6.45, 7) is 0.290. The van der Waals surface area contributed by atoms with Gasteiger partial charge in [0.1, 0.15) is 0 Å². The van der Waals surface area contributed by atoms with Gasteiger partial charge in [-0.05, 0) is 35.7 Å². The summed E-state index contributed by atoms with van der Waals surface area (Å²) < 4.78 is 0. The smallest absolute Gasteiger partial charge is 0.251 e. The predicted octanol–water partition coefficient (Wildman–Crippen LogP) is 3.93. The number of nitrogens with one attached hydrogen (secondary N) is 2. The lowest BCUT2D eigenvalue weighted by atomic mass is 10.1. The normalized spacial score (nSPS) is 13.5. The lowest BCUT2D eigenvalue weighted by Crippen LogP contribution is -2.27. The Kier molecular flexibility index (Phi) is 4.67. The van der Waals surface area contributed by atoms with Crippen LogP contribution in [0.15, 0.2) is 47.8 Å². The monoisotopic (exact) mass is 365 g/mol. The molecule has 4 rings (SSSR count). The van der Waals surface area contributed by atoms with Crippen LogP contribution < -0.4 is 10.6 Å². The molecule has 1 heterocycles. The standard InChI is InChI=1S/C20H19N3O2S/c24-18(23-20-22-17(12-26-20)14-6-7-14)9-10-21-19(25)16-8-5-13-3-1-2-4-15(13)11-16/h1-5,8,11-12,14H,6-7,9-10H2,(H,21,25)(H,22,23,24). The van der Waals surface area contributed by atoms with Gasteiger partial charge in [0, 0.05) is 29.8 Å². The molecule has 5 nitrogen and oxygen atoms in total. The van der Waals surface area contributed by atoms with Crippen molar-refractivity contribution in [1.29, 1.82) is 0 Å². The Bertz CT molecular complexity index is 962. The highest BCUT2D eigenvalue weighted by Gasteiger charge is 2.26. The van der Waals surface area contributed by atoms with Gasteiger partial charge in [0.2, 0.25) is 5.91 Å². The van der Waals surface area contributed by atoms with E-state index >= 15 is 0 Å². The molecular formula is C20H19N3O2S. The molecule has 1 aliphatic rings. The van der Waals surface area contributed by atoms with Crippen molar-refractivity contribution < 1.29 is 9.59 Å². The number of nitrogens with zero attached hydrogens (tertiary/aromatic N) is 1. The number of anilines is 1. The Hall–Kier alpha value is -2.73. The first kappa shape index (κ1) is 16.7. The van der Waals surface area contributed by atoms with Crippen molar-refractivity contribution >= 4 is 39.1 Å². The van der Waals surface area contributed by atoms with E-state index in [0.717, 1.165) is 16.5 Å². The van der Waals surface area contributed by atoms with Crippen LogP contribution in [0.25, 0.3) is 10.8 Å². The fourth-order valence-electron chi connectivity index (χ4n) is 2.81. The Balaban J connectivity index is 1.27. The average molecular weight is 365 g/mol. The molecule has 0 atom stereocenters. The van der Waals surface area contributed by atoms with Gasteiger partial charge in [-0.1, -0.05) is 30.3 Å². The van der Waals surface area contributed by atoms with Crippen LogP contribution in [-0.2, 0) is 4.79 Å². The zero-order chi connectivity index (χ0) is 17.9. The van der Waals surface area contributed by atoms with Gasteiger partial charge in [-0.3, -0.25) is 9.59 Å². The van der Waals surface area contributed by atoms with Gasteiger partial charge >= 0.3 is 0 Å². The summed E-state index contributed by atoms with van der Waals surface area (Å²) in [7, 11) is 0. The third kappa shape index (κ3) is 3.91. The molecule has 26 heavy (non-hydrogen) atoms. The highest BCUT2D eigenvalue weighted by atomic mass is 32.1. The summed E-state index contributed by atoms with van der Waals surface area (Å²) in [6, 6.07) is 13.5. The van der Waals surface area contributed by atoms with Crippen LogP contribution in [0, 0.1) is 0 Å². The molecule has 0 radical (unpaired) electrons. The first-order chi connectivity index (χ1) is 12.7. The lowest BCUT2D eigenvalue weighted by molar-refractivity contribution is -0.116. The summed E-state index contributed by atoms with van der Waals surface area (Å²) in [5.41, 5.74) is 1.67. The Morgan fingerprint density at radius 2 is 1.92 bits per heavy atom. The third-order valence-corrected chi connectivity index (χ3v) is 5.19. The molecular weight excluding hydrogens is 346 g/mol. The summed E-state index contributed by atoms with van der Waals surface area (Å²) in [4.78, 5) is 28.7. The number of amides is 2. The molecule has 6 heteroatoms. The molecule has 2 amide bonds. The van der Waals surface area contributed by atoms with E-state index in [4.69, 9.17) is 0 Å². The maximum Gasteiger partial charge on any atom is 0.251 e. The molecule has 0 aliphatic heterocycles. The predicted molar refractivity (Wildman–Crippen MR) is 104 cm³/mol. The second-order valence-corrected chi connectivity index (χ2v) is 7.33. The minimum Gasteiger partial charge on any atom is -0.352 e. The lowest BCUT2D eigenvalue weighted by Gasteiger charge is -2.06. The summed E-state index contributed by atoms with van der Waals surface area (Å²) in [5.74, 6) is 0.271. The van der Waals surface area contributed by atoms with Crippen molar-refractivity contribution in [2.75, 3.05) is 11.9 Å². The van der Waals surface area contributed by atoms with Crippen molar-refractivity contribution in [2.45, 2.75) is 25.2 Å². The van der Waals surface area contributed by atoms with Crippen LogP contribution in [0.5, 0.6) is 0 Å². The SMILES string of the molecule is O=C(CCNC(=O)c1ccc2ccccc2c1)Nc1nc(C2CC2)cs1. The van der Waals surface area contributed by atoms with Crippen LogP contribution in [0.1, 0.15) is 41.2 Å². The van der Waals surface area contributed by atoms with Gasteiger partial charge < -0.3 is 10.6 Å². The molecule has 132 valence electrons. The van der Waals surface area contributed by atoms with E-state index in [0.29, 0.717) is 23.2 Å². The number of rotatable bonds is 6. The van der Waals surface area contributed by atoms with Crippen LogP contribution in [0.4, 0.5) is 5.13 Å². The van der Waals surface area contributed by atoms with E-state index in [1.807, 2.05) is 41.8 Å². The highest BCUT2D eigenvalue weighted by molar-refractivity contribution is 7.13. The number of hydrogen-bond donors (Lipinski definition) is 2. The Morgan fingerprint density at radius 3 is 2.73 bits per heavy atom. The van der Waals surface area contributed by atoms with Gasteiger partial charge in [0.05, 0.1) is 5.69 Å². The fourth-order valence-corrected chi connectivity index (χ4v) is 3.62. The van der Waals surface area contributed by atoms with Gasteiger partial charge in [-0.2, -0.15) is 0 Å². The topological polar surface area (TPSA) is 71.1 Å². The zero-order valence-electron chi connectivity index (χ0n) is 14.2. The maximum atomic E-state index is 12.3. The van der Waals surface area contributed by atoms with Crippen molar-refractivity contribution in [3.63, 3.8) is 0 Å². The number of carbonyl (C=O) groups excluding carboxylic acids is 2. The minimum absolute atomic E-state index is 0.138. The van der Waals surface area contributed by atoms with Crippen molar-refractivity contribution in [2.24, 2.45) is 0 Å². The minimum atomic E-state index is -0.172. The van der Waals surface area contributed by atoms with E-state index in [-0.39, 0.29) is 18.2 Å². The largest absolute Gasteiger partial charge is 0.352 e. The third-order valence-electron chi connectivity index (χ3n) is 4.41. The number of carbonyl (C=O) groups is 2. The zero-order valence-corrected chi connectivity index (χ0v) is 15.0. The molecule has 1 aliphatic carbocycles. The van der Waals surface area contributed by atoms with Gasteiger partial charge in [-0.25, -0.2) is 4.98 Å². The first-order valence-corrected chi connectivity index (χ1v) is 9.59.